The van der Waals surface area contributed by atoms with Gasteiger partial charge in [0.2, 0.25) is 21.8 Å². The van der Waals surface area contributed by atoms with Gasteiger partial charge in [0.25, 0.3) is 0 Å². The molecule has 192 valence electrons. The van der Waals surface area contributed by atoms with Gasteiger partial charge in [-0.25, -0.2) is 8.42 Å². The van der Waals surface area contributed by atoms with Crippen molar-refractivity contribution in [3.8, 4) is 0 Å². The van der Waals surface area contributed by atoms with E-state index in [1.807, 2.05) is 52.8 Å². The third-order valence-electron chi connectivity index (χ3n) is 6.02. The van der Waals surface area contributed by atoms with Gasteiger partial charge in [0.15, 0.2) is 0 Å². The van der Waals surface area contributed by atoms with Gasteiger partial charge >= 0.3 is 0 Å². The Labute approximate surface area is 214 Å². The highest BCUT2D eigenvalue weighted by molar-refractivity contribution is 7.92. The lowest BCUT2D eigenvalue weighted by Crippen LogP contribution is -2.53. The molecule has 0 aliphatic heterocycles. The van der Waals surface area contributed by atoms with Crippen molar-refractivity contribution in [2.45, 2.75) is 66.1 Å². The zero-order valence-electron chi connectivity index (χ0n) is 21.3. The van der Waals surface area contributed by atoms with E-state index < -0.39 is 28.5 Å². The first kappa shape index (κ1) is 28.7. The SMILES string of the molecule is CC[C@@H](C)NC(=O)[C@@H](CC)N(Cc1ccc(Cl)cc1)C(=O)CN(c1c(C)cccc1C)S(C)(=O)=O. The number of aryl methyl sites for hydroxylation is 2. The predicted octanol–water partition coefficient (Wildman–Crippen LogP) is 4.44. The Morgan fingerprint density at radius 2 is 1.57 bits per heavy atom. The second-order valence-corrected chi connectivity index (χ2v) is 11.2. The van der Waals surface area contributed by atoms with E-state index in [1.54, 1.807) is 24.3 Å². The van der Waals surface area contributed by atoms with Crippen LogP contribution in [-0.4, -0.2) is 50.0 Å². The van der Waals surface area contributed by atoms with Crippen molar-refractivity contribution < 1.29 is 18.0 Å². The van der Waals surface area contributed by atoms with Crippen LogP contribution in [0, 0.1) is 13.8 Å². The van der Waals surface area contributed by atoms with E-state index in [1.165, 1.54) is 4.90 Å². The third kappa shape index (κ3) is 7.70. The van der Waals surface area contributed by atoms with E-state index in [4.69, 9.17) is 11.6 Å². The average molecular weight is 522 g/mol. The summed E-state index contributed by atoms with van der Waals surface area (Å²) in [6, 6.07) is 11.7. The number of nitrogens with zero attached hydrogens (tertiary/aromatic N) is 2. The van der Waals surface area contributed by atoms with Crippen LogP contribution in [0.15, 0.2) is 42.5 Å². The van der Waals surface area contributed by atoms with E-state index >= 15 is 0 Å². The van der Waals surface area contributed by atoms with Crippen LogP contribution < -0.4 is 9.62 Å². The summed E-state index contributed by atoms with van der Waals surface area (Å²) in [5, 5.41) is 3.52. The third-order valence-corrected chi connectivity index (χ3v) is 7.39. The normalized spacial score (nSPS) is 13.1. The van der Waals surface area contributed by atoms with Crippen molar-refractivity contribution in [3.63, 3.8) is 0 Å². The summed E-state index contributed by atoms with van der Waals surface area (Å²) in [6.07, 6.45) is 2.22. The van der Waals surface area contributed by atoms with E-state index in [9.17, 15) is 18.0 Å². The number of sulfonamides is 1. The van der Waals surface area contributed by atoms with Crippen molar-refractivity contribution in [2.24, 2.45) is 0 Å². The second kappa shape index (κ2) is 12.4. The van der Waals surface area contributed by atoms with Gasteiger partial charge in [-0.3, -0.25) is 13.9 Å². The molecule has 0 heterocycles. The summed E-state index contributed by atoms with van der Waals surface area (Å²) in [7, 11) is -3.78. The molecule has 1 N–H and O–H groups in total. The highest BCUT2D eigenvalue weighted by Gasteiger charge is 2.32. The first-order valence-corrected chi connectivity index (χ1v) is 14.0. The number of halogens is 1. The lowest BCUT2D eigenvalue weighted by atomic mass is 10.1. The van der Waals surface area contributed by atoms with Crippen LogP contribution in [0.5, 0.6) is 0 Å². The quantitative estimate of drug-likeness (QED) is 0.473. The second-order valence-electron chi connectivity index (χ2n) is 8.90. The molecule has 0 aromatic heterocycles. The van der Waals surface area contributed by atoms with Gasteiger partial charge in [-0.2, -0.15) is 0 Å². The highest BCUT2D eigenvalue weighted by atomic mass is 35.5. The lowest BCUT2D eigenvalue weighted by molar-refractivity contribution is -0.140. The van der Waals surface area contributed by atoms with E-state index in [0.29, 0.717) is 17.1 Å². The topological polar surface area (TPSA) is 86.8 Å². The van der Waals surface area contributed by atoms with E-state index in [-0.39, 0.29) is 18.5 Å². The molecule has 7 nitrogen and oxygen atoms in total. The lowest BCUT2D eigenvalue weighted by Gasteiger charge is -2.34. The number of anilines is 1. The first-order valence-electron chi connectivity index (χ1n) is 11.8. The average Bonchev–Trinajstić information content (AvgIpc) is 2.78. The molecule has 2 rings (SSSR count). The molecule has 2 atom stereocenters. The van der Waals surface area contributed by atoms with Gasteiger partial charge in [0.05, 0.1) is 11.9 Å². The summed E-state index contributed by atoms with van der Waals surface area (Å²) >= 11 is 6.02. The Bertz CT molecular complexity index is 1120. The maximum Gasteiger partial charge on any atom is 0.244 e. The molecule has 0 fully saturated rings. The minimum Gasteiger partial charge on any atom is -0.352 e. The van der Waals surface area contributed by atoms with Crippen LogP contribution in [-0.2, 0) is 26.2 Å². The fourth-order valence-corrected chi connectivity index (χ4v) is 5.01. The van der Waals surface area contributed by atoms with Crippen LogP contribution >= 0.6 is 11.6 Å². The maximum absolute atomic E-state index is 13.7. The van der Waals surface area contributed by atoms with Crippen molar-refractivity contribution in [3.05, 3.63) is 64.2 Å². The molecule has 2 aromatic rings. The maximum atomic E-state index is 13.7. The number of amides is 2. The van der Waals surface area contributed by atoms with Crippen molar-refractivity contribution in [1.82, 2.24) is 10.2 Å². The van der Waals surface area contributed by atoms with Gasteiger partial charge in [0, 0.05) is 17.6 Å². The van der Waals surface area contributed by atoms with Crippen LogP contribution in [0.4, 0.5) is 5.69 Å². The van der Waals surface area contributed by atoms with Gasteiger partial charge in [-0.1, -0.05) is 55.8 Å². The Morgan fingerprint density at radius 3 is 2.06 bits per heavy atom. The largest absolute Gasteiger partial charge is 0.352 e. The van der Waals surface area contributed by atoms with Gasteiger partial charge in [0.1, 0.15) is 12.6 Å². The number of nitrogens with one attached hydrogen (secondary N) is 1. The Hall–Kier alpha value is -2.58. The zero-order chi connectivity index (χ0) is 26.3. The molecule has 0 bridgehead atoms. The van der Waals surface area contributed by atoms with E-state index in [2.05, 4.69) is 5.32 Å². The number of carbonyl (C=O) groups excluding carboxylic acids is 2. The molecular weight excluding hydrogens is 486 g/mol. The number of hydrogen-bond acceptors (Lipinski definition) is 4. The highest BCUT2D eigenvalue weighted by Crippen LogP contribution is 2.27. The van der Waals surface area contributed by atoms with Crippen molar-refractivity contribution >= 4 is 39.1 Å². The molecular formula is C26H36ClN3O4S. The minimum atomic E-state index is -3.78. The Balaban J connectivity index is 2.49. The summed E-state index contributed by atoms with van der Waals surface area (Å²) in [5.41, 5.74) is 2.76. The van der Waals surface area contributed by atoms with E-state index in [0.717, 1.165) is 33.7 Å². The van der Waals surface area contributed by atoms with Crippen LogP contribution in [0.1, 0.15) is 50.3 Å². The number of carbonyl (C=O) groups is 2. The van der Waals surface area contributed by atoms with Gasteiger partial charge < -0.3 is 10.2 Å². The number of benzene rings is 2. The monoisotopic (exact) mass is 521 g/mol. The molecule has 0 aliphatic rings. The summed E-state index contributed by atoms with van der Waals surface area (Å²) in [6.45, 7) is 9.07. The predicted molar refractivity (Wildman–Crippen MR) is 142 cm³/mol. The Kier molecular flexibility index (Phi) is 10.2. The first-order chi connectivity index (χ1) is 16.4. The minimum absolute atomic E-state index is 0.0498. The zero-order valence-corrected chi connectivity index (χ0v) is 22.9. The Morgan fingerprint density at radius 1 is 1.00 bits per heavy atom. The molecule has 2 aromatic carbocycles. The molecule has 2 amide bonds. The van der Waals surface area contributed by atoms with Crippen LogP contribution in [0.2, 0.25) is 5.02 Å². The van der Waals surface area contributed by atoms with Crippen molar-refractivity contribution in [1.29, 1.82) is 0 Å². The summed E-state index contributed by atoms with van der Waals surface area (Å²) < 4.78 is 26.8. The molecule has 0 unspecified atom stereocenters. The fraction of sp³-hybridized carbons (Fsp3) is 0.462. The molecule has 0 saturated carbocycles. The molecule has 0 saturated heterocycles. The standard InChI is InChI=1S/C26H36ClN3O4S/c1-7-20(5)28-26(32)23(8-2)29(16-21-12-14-22(27)15-13-21)24(31)17-30(35(6,33)34)25-18(3)10-9-11-19(25)4/h9-15,20,23H,7-8,16-17H2,1-6H3,(H,28,32)/t20-,23-/m1/s1. The summed E-state index contributed by atoms with van der Waals surface area (Å²) in [4.78, 5) is 28.3. The summed E-state index contributed by atoms with van der Waals surface area (Å²) in [5.74, 6) is -0.721. The van der Waals surface area contributed by atoms with Crippen molar-refractivity contribution in [2.75, 3.05) is 17.1 Å². The van der Waals surface area contributed by atoms with Crippen LogP contribution in [0.25, 0.3) is 0 Å². The molecule has 9 heteroatoms. The molecule has 0 spiro atoms. The smallest absolute Gasteiger partial charge is 0.244 e. The molecule has 0 radical (unpaired) electrons. The molecule has 35 heavy (non-hydrogen) atoms. The number of para-hydroxylation sites is 1. The number of hydrogen-bond donors (Lipinski definition) is 1. The molecule has 0 aliphatic carbocycles. The fourth-order valence-electron chi connectivity index (χ4n) is 3.92. The van der Waals surface area contributed by atoms with Crippen LogP contribution in [0.3, 0.4) is 0 Å². The van der Waals surface area contributed by atoms with Gasteiger partial charge in [-0.05, 0) is 62.4 Å². The van der Waals surface area contributed by atoms with Gasteiger partial charge in [-0.15, -0.1) is 0 Å². The number of rotatable bonds is 11.